The Morgan fingerprint density at radius 3 is 2.61 bits per heavy atom. The van der Waals surface area contributed by atoms with Gasteiger partial charge in [0.25, 0.3) is 5.88 Å². The molecule has 1 saturated heterocycles. The van der Waals surface area contributed by atoms with E-state index in [1.54, 1.807) is 6.07 Å². The molecule has 0 amide bonds. The monoisotopic (exact) mass is 371 g/mol. The van der Waals surface area contributed by atoms with Crippen molar-refractivity contribution in [2.24, 2.45) is 0 Å². The van der Waals surface area contributed by atoms with E-state index in [0.717, 1.165) is 11.4 Å². The van der Waals surface area contributed by atoms with E-state index >= 15 is 0 Å². The smallest absolute Gasteiger partial charge is 0.271 e. The number of hydrogen-bond acceptors (Lipinski definition) is 5. The molecule has 2 atom stereocenters. The van der Waals surface area contributed by atoms with E-state index in [1.165, 1.54) is 31.0 Å². The highest BCUT2D eigenvalue weighted by Crippen LogP contribution is 2.34. The van der Waals surface area contributed by atoms with E-state index in [0.29, 0.717) is 34.6 Å². The number of piperidine rings is 1. The Morgan fingerprint density at radius 1 is 1.17 bits per heavy atom. The second kappa shape index (κ2) is 7.24. The first-order valence-corrected chi connectivity index (χ1v) is 9.22. The van der Waals surface area contributed by atoms with E-state index < -0.39 is 0 Å². The molecule has 0 spiro atoms. The van der Waals surface area contributed by atoms with Gasteiger partial charge in [-0.15, -0.1) is 4.37 Å². The third-order valence-corrected chi connectivity index (χ3v) is 5.48. The third-order valence-electron chi connectivity index (χ3n) is 4.24. The number of benzene rings is 1. The van der Waals surface area contributed by atoms with Crippen LogP contribution in [-0.2, 0) is 6.61 Å². The van der Waals surface area contributed by atoms with Gasteiger partial charge < -0.3 is 9.64 Å². The first-order valence-electron chi connectivity index (χ1n) is 7.74. The molecule has 1 aromatic heterocycles. The van der Waals surface area contributed by atoms with Crippen LogP contribution < -0.4 is 9.64 Å². The molecule has 2 aromatic rings. The molecule has 1 fully saturated rings. The van der Waals surface area contributed by atoms with Gasteiger partial charge >= 0.3 is 0 Å². The molecule has 3 rings (SSSR count). The molecule has 1 aliphatic rings. The van der Waals surface area contributed by atoms with Gasteiger partial charge in [0.2, 0.25) is 5.82 Å². The molecule has 0 bridgehead atoms. The van der Waals surface area contributed by atoms with Crippen molar-refractivity contribution in [3.63, 3.8) is 0 Å². The minimum Gasteiger partial charge on any atom is -0.470 e. The number of halogens is 2. The van der Waals surface area contributed by atoms with Crippen LogP contribution in [0, 0.1) is 0 Å². The van der Waals surface area contributed by atoms with E-state index in [2.05, 4.69) is 27.5 Å². The predicted molar refractivity (Wildman–Crippen MR) is 96.0 cm³/mol. The summed E-state index contributed by atoms with van der Waals surface area (Å²) in [4.78, 5) is 2.33. The summed E-state index contributed by atoms with van der Waals surface area (Å²) < 4.78 is 14.7. The molecule has 0 aliphatic carbocycles. The molecule has 1 aliphatic heterocycles. The van der Waals surface area contributed by atoms with Crippen LogP contribution in [0.15, 0.2) is 18.2 Å². The largest absolute Gasteiger partial charge is 0.470 e. The van der Waals surface area contributed by atoms with Crippen molar-refractivity contribution in [1.29, 1.82) is 0 Å². The average molecular weight is 372 g/mol. The highest BCUT2D eigenvalue weighted by atomic mass is 35.5. The number of ether oxygens (including phenoxy) is 1. The van der Waals surface area contributed by atoms with Crippen molar-refractivity contribution in [3.05, 3.63) is 33.8 Å². The lowest BCUT2D eigenvalue weighted by molar-refractivity contribution is 0.293. The van der Waals surface area contributed by atoms with Crippen LogP contribution in [0.2, 0.25) is 10.0 Å². The lowest BCUT2D eigenvalue weighted by atomic mass is 9.98. The van der Waals surface area contributed by atoms with Crippen LogP contribution in [0.25, 0.3) is 0 Å². The normalized spacial score (nSPS) is 21.5. The zero-order chi connectivity index (χ0) is 16.4. The number of aromatic nitrogens is 2. The maximum atomic E-state index is 6.04. The van der Waals surface area contributed by atoms with Gasteiger partial charge in [-0.05, 0) is 50.8 Å². The summed E-state index contributed by atoms with van der Waals surface area (Å²) in [6.45, 7) is 4.86. The number of nitrogens with zero attached hydrogens (tertiary/aromatic N) is 3. The molecule has 23 heavy (non-hydrogen) atoms. The van der Waals surface area contributed by atoms with Crippen LogP contribution in [0.1, 0.15) is 38.7 Å². The summed E-state index contributed by atoms with van der Waals surface area (Å²) >= 11 is 13.2. The van der Waals surface area contributed by atoms with Crippen molar-refractivity contribution in [3.8, 4) is 5.88 Å². The Hall–Kier alpha value is -1.04. The maximum absolute atomic E-state index is 6.04. The molecule has 124 valence electrons. The topological polar surface area (TPSA) is 38.2 Å². The van der Waals surface area contributed by atoms with Crippen LogP contribution in [0.4, 0.5) is 5.82 Å². The SMILES string of the molecule is CC1CCCC(C)N1c1nsnc1OCc1ccc(Cl)c(Cl)c1. The summed E-state index contributed by atoms with van der Waals surface area (Å²) in [6, 6.07) is 6.40. The highest BCUT2D eigenvalue weighted by Gasteiger charge is 2.29. The standard InChI is InChI=1S/C16H19Cl2N3OS/c1-10-4-3-5-11(2)21(10)15-16(20-23-19-15)22-9-12-6-7-13(17)14(18)8-12/h6-8,10-11H,3-5,9H2,1-2H3. The lowest BCUT2D eigenvalue weighted by Crippen LogP contribution is -2.44. The molecule has 2 heterocycles. The van der Waals surface area contributed by atoms with Crippen LogP contribution >= 0.6 is 34.9 Å². The Bertz CT molecular complexity index is 669. The molecular formula is C16H19Cl2N3OS. The summed E-state index contributed by atoms with van der Waals surface area (Å²) in [7, 11) is 0. The summed E-state index contributed by atoms with van der Waals surface area (Å²) in [5, 5.41) is 1.07. The Kier molecular flexibility index (Phi) is 5.29. The molecule has 1 aromatic carbocycles. The highest BCUT2D eigenvalue weighted by molar-refractivity contribution is 6.99. The predicted octanol–water partition coefficient (Wildman–Crippen LogP) is 5.19. The fraction of sp³-hybridized carbons (Fsp3) is 0.500. The molecule has 0 saturated carbocycles. The quantitative estimate of drug-likeness (QED) is 0.740. The van der Waals surface area contributed by atoms with Gasteiger partial charge in [-0.2, -0.15) is 4.37 Å². The molecule has 4 nitrogen and oxygen atoms in total. The Morgan fingerprint density at radius 2 is 1.91 bits per heavy atom. The number of hydrogen-bond donors (Lipinski definition) is 0. The van der Waals surface area contributed by atoms with Crippen molar-refractivity contribution in [1.82, 2.24) is 8.75 Å². The molecule has 0 radical (unpaired) electrons. The average Bonchev–Trinajstić information content (AvgIpc) is 2.96. The Labute approximate surface area is 150 Å². The van der Waals surface area contributed by atoms with Crippen LogP contribution in [0.3, 0.4) is 0 Å². The van der Waals surface area contributed by atoms with Crippen molar-refractivity contribution >= 4 is 40.7 Å². The molecule has 7 heteroatoms. The van der Waals surface area contributed by atoms with Gasteiger partial charge in [-0.1, -0.05) is 29.3 Å². The minimum absolute atomic E-state index is 0.395. The third kappa shape index (κ3) is 3.73. The fourth-order valence-corrected chi connectivity index (χ4v) is 3.86. The van der Waals surface area contributed by atoms with Crippen molar-refractivity contribution < 1.29 is 4.74 Å². The summed E-state index contributed by atoms with van der Waals surface area (Å²) in [5.74, 6) is 1.46. The number of rotatable bonds is 4. The second-order valence-corrected chi connectivity index (χ2v) is 7.31. The molecular weight excluding hydrogens is 353 g/mol. The van der Waals surface area contributed by atoms with Gasteiger partial charge in [-0.25, -0.2) is 0 Å². The molecule has 0 N–H and O–H groups in total. The zero-order valence-corrected chi connectivity index (χ0v) is 15.5. The fourth-order valence-electron chi connectivity index (χ4n) is 3.04. The Balaban J connectivity index is 1.74. The maximum Gasteiger partial charge on any atom is 0.271 e. The van der Waals surface area contributed by atoms with Gasteiger partial charge in [0, 0.05) is 12.1 Å². The molecule has 2 unspecified atom stereocenters. The van der Waals surface area contributed by atoms with Crippen molar-refractivity contribution in [2.75, 3.05) is 4.90 Å². The van der Waals surface area contributed by atoms with E-state index in [4.69, 9.17) is 27.9 Å². The van der Waals surface area contributed by atoms with Gasteiger partial charge in [-0.3, -0.25) is 0 Å². The lowest BCUT2D eigenvalue weighted by Gasteiger charge is -2.39. The van der Waals surface area contributed by atoms with Crippen molar-refractivity contribution in [2.45, 2.75) is 51.8 Å². The van der Waals surface area contributed by atoms with E-state index in [9.17, 15) is 0 Å². The first-order chi connectivity index (χ1) is 11.1. The van der Waals surface area contributed by atoms with Crippen LogP contribution in [-0.4, -0.2) is 20.8 Å². The van der Waals surface area contributed by atoms with E-state index in [1.807, 2.05) is 12.1 Å². The number of anilines is 1. The van der Waals surface area contributed by atoms with Gasteiger partial charge in [0.15, 0.2) is 0 Å². The first kappa shape index (κ1) is 16.8. The van der Waals surface area contributed by atoms with Gasteiger partial charge in [0.05, 0.1) is 21.8 Å². The summed E-state index contributed by atoms with van der Waals surface area (Å²) in [6.07, 6.45) is 3.61. The zero-order valence-electron chi connectivity index (χ0n) is 13.1. The minimum atomic E-state index is 0.395. The second-order valence-electron chi connectivity index (χ2n) is 5.97. The van der Waals surface area contributed by atoms with Crippen LogP contribution in [0.5, 0.6) is 5.88 Å². The van der Waals surface area contributed by atoms with E-state index in [-0.39, 0.29) is 0 Å². The van der Waals surface area contributed by atoms with Gasteiger partial charge in [0.1, 0.15) is 6.61 Å². The summed E-state index contributed by atoms with van der Waals surface area (Å²) in [5.41, 5.74) is 0.957.